The van der Waals surface area contributed by atoms with Gasteiger partial charge in [0.1, 0.15) is 60.9 Å². The standard InChI is InChI=1S/C51H82N8O12/c1-27(2)10-9-11-28(3)36-14-15-37-35-13-12-32-22-34(18-20-50(32,7)38(35)19-21-51(36,37)8)70-42(63)25-59-24-33(57-58-59)23-53-41(62)17-16-39(46(52)65)56-47(66)29(4)54-48(67)30(5)69-45-43(55-31(6)61)49(68)71-40(26-60)44(45)64/h12,24,27-30,34-40,43-45,49,60,64,68H,9-11,13-23,25-26H2,1-8H3,(H2,52,65)(H,53,62)(H,54,67)(H,55,61)(H,56,66)/t28-,29+,30-,34+,35+,36-,37+,38+,39-,40-,43-,44-,45-,49?,50+,51-/m1/s1. The number of aliphatic hydroxyl groups is 3. The van der Waals surface area contributed by atoms with Gasteiger partial charge in [0.25, 0.3) is 0 Å². The van der Waals surface area contributed by atoms with Crippen LogP contribution in [0.5, 0.6) is 0 Å². The number of nitrogens with one attached hydrogen (secondary N) is 4. The number of nitrogens with zero attached hydrogens (tertiary/aromatic N) is 3. The first-order valence-electron chi connectivity index (χ1n) is 26.0. The number of fused-ring (bicyclic) bond motifs is 5. The number of primary amides is 1. The molecule has 2 heterocycles. The molecule has 9 N–H and O–H groups in total. The van der Waals surface area contributed by atoms with E-state index in [-0.39, 0.29) is 37.5 Å². The number of rotatable bonds is 22. The van der Waals surface area contributed by atoms with Gasteiger partial charge in [-0.25, -0.2) is 4.68 Å². The average Bonchev–Trinajstić information content (AvgIpc) is 3.91. The van der Waals surface area contributed by atoms with E-state index in [0.717, 1.165) is 55.3 Å². The van der Waals surface area contributed by atoms with Crippen LogP contribution in [-0.2, 0) is 56.1 Å². The van der Waals surface area contributed by atoms with Gasteiger partial charge in [-0.05, 0) is 112 Å². The van der Waals surface area contributed by atoms with Crippen LogP contribution >= 0.6 is 0 Å². The fourth-order valence-corrected chi connectivity index (χ4v) is 13.1. The number of allylic oxidation sites excluding steroid dienone is 1. The first-order chi connectivity index (χ1) is 33.5. The Morgan fingerprint density at radius 3 is 2.39 bits per heavy atom. The summed E-state index contributed by atoms with van der Waals surface area (Å²) in [4.78, 5) is 76.0. The molecule has 0 bridgehead atoms. The van der Waals surface area contributed by atoms with Crippen molar-refractivity contribution in [1.82, 2.24) is 36.3 Å². The Morgan fingerprint density at radius 1 is 0.958 bits per heavy atom. The largest absolute Gasteiger partial charge is 0.461 e. The molecular formula is C51H82N8O12. The fraction of sp³-hybridized carbons (Fsp3) is 0.804. The molecule has 1 unspecified atom stereocenters. The third-order valence-corrected chi connectivity index (χ3v) is 16.9. The highest BCUT2D eigenvalue weighted by Gasteiger charge is 2.59. The van der Waals surface area contributed by atoms with Crippen LogP contribution < -0.4 is 27.0 Å². The number of esters is 1. The second kappa shape index (κ2) is 24.0. The first-order valence-corrected chi connectivity index (χ1v) is 26.0. The number of aliphatic hydroxyl groups excluding tert-OH is 3. The summed E-state index contributed by atoms with van der Waals surface area (Å²) in [6.45, 7) is 15.3. The van der Waals surface area contributed by atoms with Crippen molar-refractivity contribution in [3.63, 3.8) is 0 Å². The van der Waals surface area contributed by atoms with Crippen LogP contribution in [0, 0.1) is 46.3 Å². The average molecular weight is 999 g/mol. The van der Waals surface area contributed by atoms with Crippen molar-refractivity contribution >= 4 is 35.5 Å². The van der Waals surface area contributed by atoms with Gasteiger partial charge in [-0.2, -0.15) is 0 Å². The van der Waals surface area contributed by atoms with E-state index in [2.05, 4.69) is 72.3 Å². The predicted molar refractivity (Wildman–Crippen MR) is 259 cm³/mol. The number of hydrogen-bond donors (Lipinski definition) is 8. The Labute approximate surface area is 418 Å². The topological polar surface area (TPSA) is 296 Å². The molecule has 1 aromatic rings. The molecule has 0 aromatic carbocycles. The summed E-state index contributed by atoms with van der Waals surface area (Å²) in [5.74, 6) is 0.577. The van der Waals surface area contributed by atoms with Crippen LogP contribution in [0.3, 0.4) is 0 Å². The maximum absolute atomic E-state index is 13.2. The number of nitrogens with two attached hydrogens (primary N) is 1. The summed E-state index contributed by atoms with van der Waals surface area (Å²) in [5, 5.41) is 48.7. The molecule has 398 valence electrons. The molecule has 5 aliphatic rings. The molecule has 16 atom stereocenters. The third kappa shape index (κ3) is 13.4. The molecule has 0 radical (unpaired) electrons. The highest BCUT2D eigenvalue weighted by molar-refractivity contribution is 5.92. The Hall–Kier alpha value is -4.50. The molecule has 5 amide bonds. The summed E-state index contributed by atoms with van der Waals surface area (Å²) < 4.78 is 18.3. The van der Waals surface area contributed by atoms with Crippen LogP contribution in [-0.4, -0.2) is 127 Å². The molecule has 4 fully saturated rings. The van der Waals surface area contributed by atoms with Crippen LogP contribution in [0.4, 0.5) is 0 Å². The number of aromatic nitrogens is 3. The molecule has 3 saturated carbocycles. The summed E-state index contributed by atoms with van der Waals surface area (Å²) in [6.07, 6.45) is 9.34. The molecule has 1 saturated heterocycles. The smallest absolute Gasteiger partial charge is 0.328 e. The van der Waals surface area contributed by atoms with E-state index in [1.165, 1.54) is 76.0 Å². The lowest BCUT2D eigenvalue weighted by Crippen LogP contribution is -2.65. The molecular weight excluding hydrogens is 917 g/mol. The van der Waals surface area contributed by atoms with E-state index in [1.54, 1.807) is 6.20 Å². The first kappa shape index (κ1) is 55.8. The van der Waals surface area contributed by atoms with Gasteiger partial charge in [-0.3, -0.25) is 28.8 Å². The van der Waals surface area contributed by atoms with Crippen molar-refractivity contribution in [2.75, 3.05) is 6.61 Å². The molecule has 6 rings (SSSR count). The SMILES string of the molecule is CC(=O)N[C@H]1C(O)O[C@H](CO)[C@@H](O)[C@@H]1O[C@H](C)C(=O)N[C@@H](C)C(=O)N[C@H](CCC(=O)NCc1cn(CC(=O)O[C@H]2CC[C@@]3(C)C(=CC[C@H]4[C@@H]5CC[C@H]([C@H](C)CCCC(C)C)[C@@]5(C)CC[C@@H]43)C2)nn1)C(N)=O. The summed E-state index contributed by atoms with van der Waals surface area (Å²) >= 11 is 0. The monoisotopic (exact) mass is 999 g/mol. The van der Waals surface area contributed by atoms with E-state index in [1.807, 2.05) is 0 Å². The minimum Gasteiger partial charge on any atom is -0.461 e. The van der Waals surface area contributed by atoms with E-state index in [0.29, 0.717) is 17.0 Å². The molecule has 20 heteroatoms. The lowest BCUT2D eigenvalue weighted by atomic mass is 9.47. The van der Waals surface area contributed by atoms with E-state index in [9.17, 15) is 44.1 Å². The minimum atomic E-state index is -1.67. The van der Waals surface area contributed by atoms with Gasteiger partial charge < -0.3 is 56.5 Å². The summed E-state index contributed by atoms with van der Waals surface area (Å²) in [7, 11) is 0. The van der Waals surface area contributed by atoms with Gasteiger partial charge in [-0.1, -0.05) is 70.7 Å². The Kier molecular flexibility index (Phi) is 18.9. The quantitative estimate of drug-likeness (QED) is 0.0612. The van der Waals surface area contributed by atoms with E-state index in [4.69, 9.17) is 19.9 Å². The predicted octanol–water partition coefficient (Wildman–Crippen LogP) is 2.45. The van der Waals surface area contributed by atoms with Gasteiger partial charge >= 0.3 is 5.97 Å². The van der Waals surface area contributed by atoms with Crippen molar-refractivity contribution in [3.05, 3.63) is 23.5 Å². The molecule has 71 heavy (non-hydrogen) atoms. The zero-order valence-electron chi connectivity index (χ0n) is 43.1. The van der Waals surface area contributed by atoms with Gasteiger partial charge in [0, 0.05) is 19.8 Å². The minimum absolute atomic E-state index is 0.0175. The highest BCUT2D eigenvalue weighted by Crippen LogP contribution is 2.67. The van der Waals surface area contributed by atoms with Crippen molar-refractivity contribution in [1.29, 1.82) is 0 Å². The van der Waals surface area contributed by atoms with Gasteiger partial charge in [-0.15, -0.1) is 5.10 Å². The molecule has 0 spiro atoms. The second-order valence-electron chi connectivity index (χ2n) is 22.3. The van der Waals surface area contributed by atoms with Crippen molar-refractivity contribution in [2.45, 2.75) is 207 Å². The third-order valence-electron chi connectivity index (χ3n) is 16.9. The lowest BCUT2D eigenvalue weighted by molar-refractivity contribution is -0.266. The normalized spacial score (nSPS) is 32.9. The summed E-state index contributed by atoms with van der Waals surface area (Å²) in [6, 6.07) is -3.79. The Morgan fingerprint density at radius 2 is 1.70 bits per heavy atom. The van der Waals surface area contributed by atoms with Crippen molar-refractivity contribution in [3.8, 4) is 0 Å². The molecule has 20 nitrogen and oxygen atoms in total. The fourth-order valence-electron chi connectivity index (χ4n) is 13.1. The van der Waals surface area contributed by atoms with Crippen LogP contribution in [0.25, 0.3) is 0 Å². The summed E-state index contributed by atoms with van der Waals surface area (Å²) in [5.41, 5.74) is 7.96. The number of hydrogen-bond acceptors (Lipinski definition) is 14. The van der Waals surface area contributed by atoms with Crippen molar-refractivity contribution in [2.24, 2.45) is 52.1 Å². The molecule has 1 aromatic heterocycles. The number of ether oxygens (including phenoxy) is 3. The van der Waals surface area contributed by atoms with Crippen LogP contribution in [0.2, 0.25) is 0 Å². The zero-order chi connectivity index (χ0) is 51.9. The number of amides is 5. The van der Waals surface area contributed by atoms with Gasteiger partial charge in [0.15, 0.2) is 6.29 Å². The van der Waals surface area contributed by atoms with Gasteiger partial charge in [0.2, 0.25) is 29.5 Å². The Bertz CT molecular complexity index is 2080. The maximum Gasteiger partial charge on any atom is 0.328 e. The van der Waals surface area contributed by atoms with E-state index < -0.39 is 90.9 Å². The molecule has 4 aliphatic carbocycles. The Balaban J connectivity index is 0.908. The lowest BCUT2D eigenvalue weighted by Gasteiger charge is -2.58. The zero-order valence-corrected chi connectivity index (χ0v) is 43.1. The number of carbonyl (C=O) groups is 6. The second-order valence-corrected chi connectivity index (χ2v) is 22.3. The maximum atomic E-state index is 13.2. The van der Waals surface area contributed by atoms with Gasteiger partial charge in [0.05, 0.1) is 19.3 Å². The van der Waals surface area contributed by atoms with Crippen LogP contribution in [0.15, 0.2) is 17.8 Å². The van der Waals surface area contributed by atoms with Crippen LogP contribution in [0.1, 0.15) is 145 Å². The van der Waals surface area contributed by atoms with Crippen molar-refractivity contribution < 1.29 is 58.3 Å². The number of carbonyl (C=O) groups excluding carboxylic acids is 6. The highest BCUT2D eigenvalue weighted by atomic mass is 16.6. The van der Waals surface area contributed by atoms with E-state index >= 15 is 0 Å². The molecule has 1 aliphatic heterocycles.